The zero-order valence-electron chi connectivity index (χ0n) is 10.5. The molecule has 2 unspecified atom stereocenters. The van der Waals surface area contributed by atoms with Crippen molar-refractivity contribution in [2.45, 2.75) is 31.3 Å². The van der Waals surface area contributed by atoms with Gasteiger partial charge < -0.3 is 15.0 Å². The summed E-state index contributed by atoms with van der Waals surface area (Å²) in [6.45, 7) is 2.29. The molecule has 0 aromatic carbocycles. The Labute approximate surface area is 106 Å². The first-order valence-electron chi connectivity index (χ1n) is 6.37. The number of imidazole rings is 1. The molecule has 0 saturated carbocycles. The number of nitrogens with zero attached hydrogens (tertiary/aromatic N) is 3. The van der Waals surface area contributed by atoms with Gasteiger partial charge in [0.15, 0.2) is 5.69 Å². The van der Waals surface area contributed by atoms with Crippen LogP contribution in [0.25, 0.3) is 0 Å². The zero-order chi connectivity index (χ0) is 12.7. The molecule has 3 rings (SSSR count). The lowest BCUT2D eigenvalue weighted by Gasteiger charge is -2.22. The van der Waals surface area contributed by atoms with Gasteiger partial charge in [0.05, 0.1) is 19.5 Å². The lowest BCUT2D eigenvalue weighted by atomic mass is 10.1. The number of anilines is 1. The quantitative estimate of drug-likeness (QED) is 0.781. The van der Waals surface area contributed by atoms with Crippen LogP contribution in [-0.2, 0) is 4.74 Å². The fourth-order valence-corrected chi connectivity index (χ4v) is 3.27. The Balaban J connectivity index is 1.89. The van der Waals surface area contributed by atoms with Crippen LogP contribution in [-0.4, -0.2) is 46.7 Å². The Kier molecular flexibility index (Phi) is 2.74. The molecule has 6 heteroatoms. The summed E-state index contributed by atoms with van der Waals surface area (Å²) in [6, 6.07) is 0.894. The third-order valence-electron chi connectivity index (χ3n) is 4.14. The van der Waals surface area contributed by atoms with Gasteiger partial charge >= 0.3 is 5.97 Å². The molecule has 3 heterocycles. The maximum atomic E-state index is 11.5. The first-order chi connectivity index (χ1) is 8.72. The first-order valence-corrected chi connectivity index (χ1v) is 6.37. The lowest BCUT2D eigenvalue weighted by molar-refractivity contribution is 0.0596. The number of hydrogen-bond donors (Lipinski definition) is 1. The molecule has 1 aromatic rings. The first kappa shape index (κ1) is 11.5. The number of nitrogens with two attached hydrogens (primary N) is 1. The summed E-state index contributed by atoms with van der Waals surface area (Å²) >= 11 is 0. The molecular weight excluding hydrogens is 232 g/mol. The third-order valence-corrected chi connectivity index (χ3v) is 4.14. The summed E-state index contributed by atoms with van der Waals surface area (Å²) in [7, 11) is 1.34. The molecule has 2 N–H and O–H groups in total. The summed E-state index contributed by atoms with van der Waals surface area (Å²) in [4.78, 5) is 18.1. The highest BCUT2D eigenvalue weighted by Crippen LogP contribution is 2.37. The van der Waals surface area contributed by atoms with Gasteiger partial charge in [0.1, 0.15) is 5.82 Å². The zero-order valence-corrected chi connectivity index (χ0v) is 10.5. The van der Waals surface area contributed by atoms with Crippen molar-refractivity contribution >= 4 is 11.8 Å². The van der Waals surface area contributed by atoms with E-state index < -0.39 is 5.97 Å². The highest BCUT2D eigenvalue weighted by atomic mass is 16.5. The summed E-state index contributed by atoms with van der Waals surface area (Å²) in [6.07, 6.45) is 5.20. The average molecular weight is 250 g/mol. The van der Waals surface area contributed by atoms with E-state index >= 15 is 0 Å². The highest BCUT2D eigenvalue weighted by Gasteiger charge is 2.39. The van der Waals surface area contributed by atoms with Crippen LogP contribution in [0, 0.1) is 0 Å². The molecule has 98 valence electrons. The molecule has 0 radical (unpaired) electrons. The second kappa shape index (κ2) is 4.28. The van der Waals surface area contributed by atoms with Gasteiger partial charge in [0.2, 0.25) is 0 Å². The van der Waals surface area contributed by atoms with E-state index in [4.69, 9.17) is 5.73 Å². The van der Waals surface area contributed by atoms with Crippen LogP contribution in [0.5, 0.6) is 0 Å². The van der Waals surface area contributed by atoms with Crippen molar-refractivity contribution < 1.29 is 9.53 Å². The van der Waals surface area contributed by atoms with Crippen LogP contribution in [0.1, 0.15) is 35.8 Å². The number of rotatable bonds is 2. The van der Waals surface area contributed by atoms with Gasteiger partial charge in [-0.1, -0.05) is 0 Å². The molecule has 0 bridgehead atoms. The van der Waals surface area contributed by atoms with Crippen LogP contribution in [0.4, 0.5) is 5.82 Å². The Morgan fingerprint density at radius 1 is 1.44 bits per heavy atom. The molecule has 0 spiro atoms. The maximum Gasteiger partial charge on any atom is 0.360 e. The van der Waals surface area contributed by atoms with E-state index in [-0.39, 0.29) is 5.69 Å². The standard InChI is InChI=1S/C12H18N4O2/c1-18-12(17)10-11(13)16(7-14-10)9-4-6-15-5-2-3-8(9)15/h7-9H,2-6,13H2,1H3. The smallest absolute Gasteiger partial charge is 0.360 e. The van der Waals surface area contributed by atoms with Gasteiger partial charge in [-0.15, -0.1) is 0 Å². The SMILES string of the molecule is COC(=O)c1ncn(C2CCN3CCCC23)c1N. The molecule has 18 heavy (non-hydrogen) atoms. The van der Waals surface area contributed by atoms with Crippen LogP contribution in [0.2, 0.25) is 0 Å². The number of aromatic nitrogens is 2. The lowest BCUT2D eigenvalue weighted by Crippen LogP contribution is -2.28. The normalized spacial score (nSPS) is 27.4. The summed E-state index contributed by atoms with van der Waals surface area (Å²) < 4.78 is 6.62. The Bertz CT molecular complexity index is 471. The second-order valence-electron chi connectivity index (χ2n) is 4.98. The summed E-state index contributed by atoms with van der Waals surface area (Å²) in [5.74, 6) is -0.0341. The average Bonchev–Trinajstić information content (AvgIpc) is 3.03. The molecule has 0 aliphatic carbocycles. The van der Waals surface area contributed by atoms with Gasteiger partial charge in [-0.2, -0.15) is 0 Å². The minimum Gasteiger partial charge on any atom is -0.464 e. The van der Waals surface area contributed by atoms with Crippen molar-refractivity contribution in [1.29, 1.82) is 0 Å². The molecule has 2 fully saturated rings. The Morgan fingerprint density at radius 2 is 2.28 bits per heavy atom. The molecular formula is C12H18N4O2. The van der Waals surface area contributed by atoms with Gasteiger partial charge in [-0.05, 0) is 25.8 Å². The third kappa shape index (κ3) is 1.59. The van der Waals surface area contributed by atoms with E-state index in [9.17, 15) is 4.79 Å². The largest absolute Gasteiger partial charge is 0.464 e. The number of carbonyl (C=O) groups is 1. The van der Waals surface area contributed by atoms with Crippen LogP contribution in [0.3, 0.4) is 0 Å². The van der Waals surface area contributed by atoms with Crippen LogP contribution in [0.15, 0.2) is 6.33 Å². The monoisotopic (exact) mass is 250 g/mol. The summed E-state index contributed by atoms with van der Waals surface area (Å²) in [5.41, 5.74) is 6.25. The molecule has 0 amide bonds. The minimum atomic E-state index is -0.465. The van der Waals surface area contributed by atoms with Crippen molar-refractivity contribution in [3.8, 4) is 0 Å². The number of carbonyl (C=O) groups excluding carboxylic acids is 1. The van der Waals surface area contributed by atoms with E-state index in [0.29, 0.717) is 17.9 Å². The topological polar surface area (TPSA) is 73.4 Å². The van der Waals surface area contributed by atoms with Crippen LogP contribution >= 0.6 is 0 Å². The van der Waals surface area contributed by atoms with Crippen molar-refractivity contribution in [3.05, 3.63) is 12.0 Å². The van der Waals surface area contributed by atoms with Crippen molar-refractivity contribution in [1.82, 2.24) is 14.5 Å². The van der Waals surface area contributed by atoms with E-state index in [0.717, 1.165) is 13.0 Å². The number of nitrogen functional groups attached to an aromatic ring is 1. The second-order valence-corrected chi connectivity index (χ2v) is 4.98. The number of methoxy groups -OCH3 is 1. The Morgan fingerprint density at radius 3 is 3.06 bits per heavy atom. The number of esters is 1. The fraction of sp³-hybridized carbons (Fsp3) is 0.667. The number of ether oxygens (including phenoxy) is 1. The highest BCUT2D eigenvalue weighted by molar-refractivity contribution is 5.92. The maximum absolute atomic E-state index is 11.5. The minimum absolute atomic E-state index is 0.231. The number of fused-ring (bicyclic) bond motifs is 1. The van der Waals surface area contributed by atoms with Crippen LogP contribution < -0.4 is 5.73 Å². The van der Waals surface area contributed by atoms with E-state index in [1.807, 2.05) is 4.57 Å². The fourth-order valence-electron chi connectivity index (χ4n) is 3.27. The molecule has 1 aromatic heterocycles. The molecule has 2 aliphatic rings. The van der Waals surface area contributed by atoms with Gasteiger partial charge in [0, 0.05) is 12.6 Å². The predicted molar refractivity (Wildman–Crippen MR) is 66.2 cm³/mol. The molecule has 2 saturated heterocycles. The molecule has 6 nitrogen and oxygen atoms in total. The molecule has 2 atom stereocenters. The van der Waals surface area contributed by atoms with Gasteiger partial charge in [0.25, 0.3) is 0 Å². The van der Waals surface area contributed by atoms with E-state index in [2.05, 4.69) is 14.6 Å². The van der Waals surface area contributed by atoms with Crippen molar-refractivity contribution in [3.63, 3.8) is 0 Å². The van der Waals surface area contributed by atoms with Crippen molar-refractivity contribution in [2.24, 2.45) is 0 Å². The van der Waals surface area contributed by atoms with Gasteiger partial charge in [-0.3, -0.25) is 4.90 Å². The predicted octanol–water partition coefficient (Wildman–Crippen LogP) is 0.661. The molecule has 2 aliphatic heterocycles. The van der Waals surface area contributed by atoms with E-state index in [1.54, 1.807) is 6.33 Å². The summed E-state index contributed by atoms with van der Waals surface area (Å²) in [5, 5.41) is 0. The van der Waals surface area contributed by atoms with Gasteiger partial charge in [-0.25, -0.2) is 9.78 Å². The van der Waals surface area contributed by atoms with E-state index in [1.165, 1.54) is 26.5 Å². The Hall–Kier alpha value is -1.56. The number of hydrogen-bond acceptors (Lipinski definition) is 5. The van der Waals surface area contributed by atoms with Crippen molar-refractivity contribution in [2.75, 3.05) is 25.9 Å².